The summed E-state index contributed by atoms with van der Waals surface area (Å²) in [5.41, 5.74) is -1.87. The molecular weight excluding hydrogens is 265 g/mol. The van der Waals surface area contributed by atoms with Gasteiger partial charge in [-0.1, -0.05) is 48.4 Å². The molecule has 0 aliphatic rings. The van der Waals surface area contributed by atoms with E-state index in [9.17, 15) is 18.3 Å². The van der Waals surface area contributed by atoms with Crippen molar-refractivity contribution in [2.75, 3.05) is 0 Å². The Hall–Kier alpha value is -2.25. The maximum atomic E-state index is 12.5. The summed E-state index contributed by atoms with van der Waals surface area (Å²) in [7, 11) is 0. The Kier molecular flexibility index (Phi) is 3.56. The van der Waals surface area contributed by atoms with Crippen LogP contribution in [0.2, 0.25) is 0 Å². The van der Waals surface area contributed by atoms with Gasteiger partial charge in [-0.2, -0.15) is 13.2 Å². The Morgan fingerprint density at radius 2 is 1.25 bits per heavy atom. The first-order valence-electron chi connectivity index (χ1n) is 5.81. The van der Waals surface area contributed by atoms with Gasteiger partial charge in [-0.3, -0.25) is 0 Å². The number of hydrogen-bond donors (Lipinski definition) is 1. The van der Waals surface area contributed by atoms with Crippen LogP contribution in [0, 0.1) is 12.3 Å². The minimum absolute atomic E-state index is 0.221. The predicted molar refractivity (Wildman–Crippen MR) is 69.7 cm³/mol. The average Bonchev–Trinajstić information content (AvgIpc) is 2.46. The Bertz CT molecular complexity index is 624. The van der Waals surface area contributed by atoms with Crippen LogP contribution in [0.5, 0.6) is 0 Å². The van der Waals surface area contributed by atoms with Gasteiger partial charge in [0.1, 0.15) is 0 Å². The highest BCUT2D eigenvalue weighted by Gasteiger charge is 2.33. The maximum absolute atomic E-state index is 12.5. The topological polar surface area (TPSA) is 20.2 Å². The van der Waals surface area contributed by atoms with Crippen LogP contribution in [0.25, 0.3) is 0 Å². The fraction of sp³-hybridized carbons (Fsp3) is 0.125. The van der Waals surface area contributed by atoms with Crippen molar-refractivity contribution in [1.82, 2.24) is 0 Å². The van der Waals surface area contributed by atoms with E-state index < -0.39 is 17.3 Å². The summed E-state index contributed by atoms with van der Waals surface area (Å²) in [6.07, 6.45) is 0.956. The molecule has 0 radical (unpaired) electrons. The normalized spacial score (nSPS) is 14.3. The number of terminal acetylenes is 1. The molecule has 0 spiro atoms. The van der Waals surface area contributed by atoms with Crippen LogP contribution in [-0.2, 0) is 11.8 Å². The molecule has 0 saturated carbocycles. The summed E-state index contributed by atoms with van der Waals surface area (Å²) in [5, 5.41) is 10.5. The lowest BCUT2D eigenvalue weighted by Gasteiger charge is -2.23. The van der Waals surface area contributed by atoms with E-state index in [-0.39, 0.29) is 5.56 Å². The van der Waals surface area contributed by atoms with Crippen LogP contribution >= 0.6 is 0 Å². The molecule has 0 aliphatic heterocycles. The monoisotopic (exact) mass is 276 g/mol. The second-order valence-corrected chi connectivity index (χ2v) is 4.30. The summed E-state index contributed by atoms with van der Waals surface area (Å²) in [4.78, 5) is 0. The molecule has 20 heavy (non-hydrogen) atoms. The van der Waals surface area contributed by atoms with E-state index in [1.165, 1.54) is 12.1 Å². The first-order chi connectivity index (χ1) is 9.38. The first kappa shape index (κ1) is 14.2. The summed E-state index contributed by atoms with van der Waals surface area (Å²) in [6, 6.07) is 12.6. The van der Waals surface area contributed by atoms with Crippen LogP contribution in [-0.4, -0.2) is 5.11 Å². The van der Waals surface area contributed by atoms with E-state index in [0.29, 0.717) is 5.56 Å². The zero-order chi connectivity index (χ0) is 14.8. The molecule has 0 amide bonds. The van der Waals surface area contributed by atoms with Crippen LogP contribution in [0.4, 0.5) is 13.2 Å². The molecule has 0 aromatic heterocycles. The number of benzene rings is 2. The van der Waals surface area contributed by atoms with Gasteiger partial charge in [0, 0.05) is 11.1 Å². The van der Waals surface area contributed by atoms with Gasteiger partial charge in [0.15, 0.2) is 5.60 Å². The number of alkyl halides is 3. The van der Waals surface area contributed by atoms with Crippen molar-refractivity contribution >= 4 is 0 Å². The highest BCUT2D eigenvalue weighted by Crippen LogP contribution is 2.33. The molecule has 1 N–H and O–H groups in total. The fourth-order valence-electron chi connectivity index (χ4n) is 1.91. The molecule has 2 aromatic carbocycles. The minimum atomic E-state index is -4.42. The van der Waals surface area contributed by atoms with Crippen molar-refractivity contribution in [2.45, 2.75) is 11.8 Å². The van der Waals surface area contributed by atoms with Gasteiger partial charge in [-0.05, 0) is 12.1 Å². The molecular formula is C16H11F3O. The van der Waals surface area contributed by atoms with Crippen molar-refractivity contribution in [3.63, 3.8) is 0 Å². The molecule has 4 heteroatoms. The SMILES string of the molecule is C#CC(O)(c1ccccc1)c1ccc(C(F)(F)F)cc1. The Labute approximate surface area is 114 Å². The summed E-state index contributed by atoms with van der Waals surface area (Å²) >= 11 is 0. The van der Waals surface area contributed by atoms with Crippen LogP contribution in [0.15, 0.2) is 54.6 Å². The highest BCUT2D eigenvalue weighted by molar-refractivity contribution is 5.44. The van der Waals surface area contributed by atoms with Gasteiger partial charge in [0.05, 0.1) is 5.56 Å². The largest absolute Gasteiger partial charge is 0.416 e. The fourth-order valence-corrected chi connectivity index (χ4v) is 1.91. The van der Waals surface area contributed by atoms with Crippen molar-refractivity contribution in [1.29, 1.82) is 0 Å². The zero-order valence-electron chi connectivity index (χ0n) is 10.4. The minimum Gasteiger partial charge on any atom is -0.369 e. The zero-order valence-corrected chi connectivity index (χ0v) is 10.4. The van der Waals surface area contributed by atoms with Crippen LogP contribution < -0.4 is 0 Å². The van der Waals surface area contributed by atoms with Crippen molar-refractivity contribution < 1.29 is 18.3 Å². The van der Waals surface area contributed by atoms with Gasteiger partial charge < -0.3 is 5.11 Å². The van der Waals surface area contributed by atoms with E-state index in [1.54, 1.807) is 30.3 Å². The molecule has 0 heterocycles. The molecule has 0 saturated heterocycles. The molecule has 0 fully saturated rings. The third-order valence-electron chi connectivity index (χ3n) is 3.03. The second-order valence-electron chi connectivity index (χ2n) is 4.30. The molecule has 1 unspecified atom stereocenters. The van der Waals surface area contributed by atoms with Crippen LogP contribution in [0.3, 0.4) is 0 Å². The summed E-state index contributed by atoms with van der Waals surface area (Å²) in [6.45, 7) is 0. The summed E-state index contributed by atoms with van der Waals surface area (Å²) in [5.74, 6) is 2.24. The molecule has 1 atom stereocenters. The molecule has 0 bridgehead atoms. The number of aliphatic hydroxyl groups is 1. The standard InChI is InChI=1S/C16H11F3O/c1-2-15(20,12-6-4-3-5-7-12)13-8-10-14(11-9-13)16(17,18)19/h1,3-11,20H. The molecule has 102 valence electrons. The third kappa shape index (κ3) is 2.54. The van der Waals surface area contributed by atoms with E-state index >= 15 is 0 Å². The van der Waals surface area contributed by atoms with E-state index in [4.69, 9.17) is 6.42 Å². The number of halogens is 3. The Balaban J connectivity index is 2.46. The van der Waals surface area contributed by atoms with E-state index in [1.807, 2.05) is 0 Å². The third-order valence-corrected chi connectivity index (χ3v) is 3.03. The van der Waals surface area contributed by atoms with E-state index in [2.05, 4.69) is 5.92 Å². The van der Waals surface area contributed by atoms with Gasteiger partial charge in [0.2, 0.25) is 0 Å². The van der Waals surface area contributed by atoms with Gasteiger partial charge >= 0.3 is 6.18 Å². The van der Waals surface area contributed by atoms with Crippen molar-refractivity contribution in [3.05, 3.63) is 71.3 Å². The van der Waals surface area contributed by atoms with Gasteiger partial charge in [0.25, 0.3) is 0 Å². The molecule has 2 aromatic rings. The molecule has 1 nitrogen and oxygen atoms in total. The highest BCUT2D eigenvalue weighted by atomic mass is 19.4. The van der Waals surface area contributed by atoms with Gasteiger partial charge in [-0.25, -0.2) is 0 Å². The smallest absolute Gasteiger partial charge is 0.369 e. The average molecular weight is 276 g/mol. The van der Waals surface area contributed by atoms with E-state index in [0.717, 1.165) is 12.1 Å². The quantitative estimate of drug-likeness (QED) is 0.831. The van der Waals surface area contributed by atoms with Crippen molar-refractivity contribution in [2.24, 2.45) is 0 Å². The molecule has 2 rings (SSSR count). The predicted octanol–water partition coefficient (Wildman–Crippen LogP) is 3.57. The second kappa shape index (κ2) is 5.03. The number of hydrogen-bond acceptors (Lipinski definition) is 1. The molecule has 0 aliphatic carbocycles. The lowest BCUT2D eigenvalue weighted by Crippen LogP contribution is -2.25. The lowest BCUT2D eigenvalue weighted by atomic mass is 9.87. The lowest BCUT2D eigenvalue weighted by molar-refractivity contribution is -0.137. The Morgan fingerprint density at radius 3 is 1.70 bits per heavy atom. The summed E-state index contributed by atoms with van der Waals surface area (Å²) < 4.78 is 37.6. The van der Waals surface area contributed by atoms with Gasteiger partial charge in [-0.15, -0.1) is 6.42 Å². The first-order valence-corrected chi connectivity index (χ1v) is 5.81. The van der Waals surface area contributed by atoms with Crippen molar-refractivity contribution in [3.8, 4) is 12.3 Å². The Morgan fingerprint density at radius 1 is 0.800 bits per heavy atom. The number of rotatable bonds is 2. The maximum Gasteiger partial charge on any atom is 0.416 e. The van der Waals surface area contributed by atoms with Crippen LogP contribution in [0.1, 0.15) is 16.7 Å².